The molecule has 0 unspecified atom stereocenters. The zero-order valence-electron chi connectivity index (χ0n) is 11.2. The molecule has 6 nitrogen and oxygen atoms in total. The van der Waals surface area contributed by atoms with Crippen molar-refractivity contribution >= 4 is 35.1 Å². The van der Waals surface area contributed by atoms with E-state index in [1.54, 1.807) is 25.1 Å². The monoisotopic (exact) mass is 325 g/mol. The van der Waals surface area contributed by atoms with E-state index in [0.29, 0.717) is 22.3 Å². The Morgan fingerprint density at radius 2 is 2.14 bits per heavy atom. The van der Waals surface area contributed by atoms with E-state index < -0.39 is 0 Å². The molecule has 0 aliphatic heterocycles. The Morgan fingerprint density at radius 1 is 1.38 bits per heavy atom. The Hall–Kier alpha value is -2.05. The van der Waals surface area contributed by atoms with Gasteiger partial charge < -0.3 is 5.73 Å². The average molecular weight is 326 g/mol. The van der Waals surface area contributed by atoms with Crippen LogP contribution in [0.1, 0.15) is 11.3 Å². The molecule has 0 bridgehead atoms. The third kappa shape index (κ3) is 4.47. The van der Waals surface area contributed by atoms with Crippen LogP contribution in [-0.2, 0) is 6.54 Å². The van der Waals surface area contributed by atoms with Crippen molar-refractivity contribution in [1.82, 2.24) is 9.97 Å². The van der Waals surface area contributed by atoms with Crippen LogP contribution >= 0.6 is 23.2 Å². The second-order valence-electron chi connectivity index (χ2n) is 4.31. The van der Waals surface area contributed by atoms with Gasteiger partial charge in [0.1, 0.15) is 0 Å². The molecule has 1 heterocycles. The van der Waals surface area contributed by atoms with Crippen molar-refractivity contribution in [3.8, 4) is 0 Å². The van der Waals surface area contributed by atoms with Gasteiger partial charge in [0.2, 0.25) is 5.95 Å². The van der Waals surface area contributed by atoms with Crippen LogP contribution < -0.4 is 16.6 Å². The van der Waals surface area contributed by atoms with E-state index >= 15 is 0 Å². The van der Waals surface area contributed by atoms with Gasteiger partial charge in [0.25, 0.3) is 5.56 Å². The maximum Gasteiger partial charge on any atom is 0.252 e. The van der Waals surface area contributed by atoms with Gasteiger partial charge in [-0.3, -0.25) is 15.1 Å². The molecular weight excluding hydrogens is 313 g/mol. The highest BCUT2D eigenvalue weighted by atomic mass is 35.5. The van der Waals surface area contributed by atoms with Crippen molar-refractivity contribution in [1.29, 1.82) is 0 Å². The minimum absolute atomic E-state index is 0.134. The fourth-order valence-corrected chi connectivity index (χ4v) is 1.93. The number of nitrogens with two attached hydrogens (primary N) is 1. The highest BCUT2D eigenvalue weighted by molar-refractivity contribution is 6.42. The lowest BCUT2D eigenvalue weighted by Crippen LogP contribution is -2.25. The van der Waals surface area contributed by atoms with Crippen LogP contribution in [0.3, 0.4) is 0 Å². The summed E-state index contributed by atoms with van der Waals surface area (Å²) in [5.74, 6) is 0.380. The number of rotatable bonds is 3. The van der Waals surface area contributed by atoms with E-state index in [-0.39, 0.29) is 17.5 Å². The molecular formula is C13H13Cl2N5O. The minimum Gasteiger partial charge on any atom is -0.370 e. The third-order valence-electron chi connectivity index (χ3n) is 2.53. The molecule has 0 atom stereocenters. The molecule has 0 aliphatic rings. The Balaban J connectivity index is 2.07. The van der Waals surface area contributed by atoms with Crippen molar-refractivity contribution in [2.45, 2.75) is 13.5 Å². The molecule has 2 aromatic rings. The van der Waals surface area contributed by atoms with E-state index in [9.17, 15) is 4.79 Å². The largest absolute Gasteiger partial charge is 0.370 e. The first kappa shape index (κ1) is 15.3. The van der Waals surface area contributed by atoms with E-state index in [2.05, 4.69) is 20.3 Å². The molecule has 0 radical (unpaired) electrons. The van der Waals surface area contributed by atoms with Crippen LogP contribution in [-0.4, -0.2) is 15.9 Å². The van der Waals surface area contributed by atoms with E-state index in [1.165, 1.54) is 6.07 Å². The lowest BCUT2D eigenvalue weighted by Gasteiger charge is -2.05. The maximum absolute atomic E-state index is 11.3. The summed E-state index contributed by atoms with van der Waals surface area (Å²) in [6, 6.07) is 6.59. The highest BCUT2D eigenvalue weighted by Gasteiger charge is 2.01. The van der Waals surface area contributed by atoms with Gasteiger partial charge >= 0.3 is 0 Å². The first-order valence-corrected chi connectivity index (χ1v) is 6.78. The number of hydrogen-bond donors (Lipinski definition) is 3. The summed E-state index contributed by atoms with van der Waals surface area (Å²) in [5, 5.41) is 3.66. The zero-order chi connectivity index (χ0) is 15.4. The number of aromatic nitrogens is 2. The summed E-state index contributed by atoms with van der Waals surface area (Å²) in [6.45, 7) is 2.04. The quantitative estimate of drug-likeness (QED) is 0.596. The summed E-state index contributed by atoms with van der Waals surface area (Å²) in [5.41, 5.74) is 6.92. The van der Waals surface area contributed by atoms with Crippen molar-refractivity contribution in [3.05, 3.63) is 55.9 Å². The maximum atomic E-state index is 11.3. The van der Waals surface area contributed by atoms with Crippen LogP contribution in [0.2, 0.25) is 10.0 Å². The Bertz CT molecular complexity index is 742. The number of aromatic amines is 1. The molecule has 0 saturated heterocycles. The number of nitrogens with one attached hydrogen (secondary N) is 2. The standard InChI is InChI=1S/C13H13Cl2N5O/c1-7-4-11(21)19-13(18-7)20-12(16)17-6-8-2-3-9(14)10(15)5-8/h2-5H,6H2,1H3,(H4,16,17,18,19,20,21). The van der Waals surface area contributed by atoms with Crippen LogP contribution in [0, 0.1) is 6.92 Å². The van der Waals surface area contributed by atoms with Gasteiger partial charge in [-0.25, -0.2) is 9.98 Å². The second-order valence-corrected chi connectivity index (χ2v) is 5.12. The smallest absolute Gasteiger partial charge is 0.252 e. The molecule has 0 amide bonds. The Morgan fingerprint density at radius 3 is 2.81 bits per heavy atom. The van der Waals surface area contributed by atoms with Gasteiger partial charge in [-0.1, -0.05) is 29.3 Å². The van der Waals surface area contributed by atoms with Crippen molar-refractivity contribution in [3.63, 3.8) is 0 Å². The molecule has 8 heteroatoms. The van der Waals surface area contributed by atoms with E-state index in [1.807, 2.05) is 0 Å². The number of halogens is 2. The molecule has 1 aromatic carbocycles. The molecule has 1 aromatic heterocycles. The van der Waals surface area contributed by atoms with Gasteiger partial charge in [-0.2, -0.15) is 0 Å². The number of guanidine groups is 1. The fraction of sp³-hybridized carbons (Fsp3) is 0.154. The van der Waals surface area contributed by atoms with Gasteiger partial charge in [-0.05, 0) is 24.6 Å². The normalized spacial score (nSPS) is 11.5. The van der Waals surface area contributed by atoms with Gasteiger partial charge in [-0.15, -0.1) is 0 Å². The lowest BCUT2D eigenvalue weighted by atomic mass is 10.2. The van der Waals surface area contributed by atoms with Crippen molar-refractivity contribution in [2.75, 3.05) is 5.32 Å². The van der Waals surface area contributed by atoms with Gasteiger partial charge in [0, 0.05) is 11.8 Å². The number of benzene rings is 1. The predicted molar refractivity (Wildman–Crippen MR) is 85.0 cm³/mol. The van der Waals surface area contributed by atoms with Gasteiger partial charge in [0.15, 0.2) is 5.96 Å². The summed E-state index contributed by atoms with van der Waals surface area (Å²) in [6.07, 6.45) is 0. The summed E-state index contributed by atoms with van der Waals surface area (Å²) < 4.78 is 0. The van der Waals surface area contributed by atoms with E-state index in [0.717, 1.165) is 5.56 Å². The first-order valence-electron chi connectivity index (χ1n) is 6.03. The number of anilines is 1. The summed E-state index contributed by atoms with van der Waals surface area (Å²) in [7, 11) is 0. The fourth-order valence-electron chi connectivity index (χ4n) is 1.61. The Labute approximate surface area is 131 Å². The van der Waals surface area contributed by atoms with Crippen molar-refractivity contribution < 1.29 is 0 Å². The SMILES string of the molecule is Cc1cc(=O)[nH]c(NC(N)=NCc2ccc(Cl)c(Cl)c2)n1. The number of aryl methyl sites for hydroxylation is 1. The molecule has 110 valence electrons. The summed E-state index contributed by atoms with van der Waals surface area (Å²) >= 11 is 11.8. The highest BCUT2D eigenvalue weighted by Crippen LogP contribution is 2.22. The first-order chi connectivity index (χ1) is 9.94. The van der Waals surface area contributed by atoms with E-state index in [4.69, 9.17) is 28.9 Å². The topological polar surface area (TPSA) is 96.2 Å². The Kier molecular flexibility index (Phi) is 4.82. The molecule has 0 spiro atoms. The molecule has 0 fully saturated rings. The van der Waals surface area contributed by atoms with Crippen LogP contribution in [0.15, 0.2) is 34.1 Å². The number of hydrogen-bond acceptors (Lipinski definition) is 3. The van der Waals surface area contributed by atoms with Gasteiger partial charge in [0.05, 0.1) is 16.6 Å². The molecule has 21 heavy (non-hydrogen) atoms. The molecule has 2 rings (SSSR count). The lowest BCUT2D eigenvalue weighted by molar-refractivity contribution is 1.04. The van der Waals surface area contributed by atoms with Crippen molar-refractivity contribution in [2.24, 2.45) is 10.7 Å². The number of nitrogens with zero attached hydrogens (tertiary/aromatic N) is 2. The number of aliphatic imine (C=N–C) groups is 1. The molecule has 4 N–H and O–H groups in total. The predicted octanol–water partition coefficient (Wildman–Crippen LogP) is 2.31. The molecule has 0 aliphatic carbocycles. The molecule has 0 saturated carbocycles. The summed E-state index contributed by atoms with van der Waals surface area (Å²) in [4.78, 5) is 22.0. The zero-order valence-corrected chi connectivity index (χ0v) is 12.7. The third-order valence-corrected chi connectivity index (χ3v) is 3.27. The minimum atomic E-state index is -0.262. The second kappa shape index (κ2) is 6.60. The van der Waals surface area contributed by atoms with Crippen LogP contribution in [0.25, 0.3) is 0 Å². The average Bonchev–Trinajstić information content (AvgIpc) is 2.39. The van der Waals surface area contributed by atoms with Crippen LogP contribution in [0.4, 0.5) is 5.95 Å². The number of H-pyrrole nitrogens is 1. The van der Waals surface area contributed by atoms with Crippen LogP contribution in [0.5, 0.6) is 0 Å².